The summed E-state index contributed by atoms with van der Waals surface area (Å²) in [7, 11) is -0.521. The van der Waals surface area contributed by atoms with Crippen LogP contribution >= 0.6 is 0 Å². The number of hydrogen-bond acceptors (Lipinski definition) is 2. The Kier molecular flexibility index (Phi) is 8.36. The van der Waals surface area contributed by atoms with E-state index in [9.17, 15) is 52.7 Å². The van der Waals surface area contributed by atoms with E-state index in [-0.39, 0.29) is 6.04 Å². The Morgan fingerprint density at radius 3 is 1.39 bits per heavy atom. The first-order valence-corrected chi connectivity index (χ1v) is 10.1. The first-order valence-electron chi connectivity index (χ1n) is 7.56. The zero-order valence-electron chi connectivity index (χ0n) is 14.8. The van der Waals surface area contributed by atoms with Gasteiger partial charge in [0.25, 0.3) is 0 Å². The fourth-order valence-electron chi connectivity index (χ4n) is 2.29. The van der Waals surface area contributed by atoms with E-state index >= 15 is 0 Å². The minimum atomic E-state index is -7.18. The van der Waals surface area contributed by atoms with Crippen LogP contribution in [0, 0.1) is 0 Å². The Morgan fingerprint density at radius 2 is 1.11 bits per heavy atom. The van der Waals surface area contributed by atoms with Crippen LogP contribution in [0.2, 0.25) is 12.6 Å². The van der Waals surface area contributed by atoms with Crippen molar-refractivity contribution in [3.05, 3.63) is 0 Å². The summed E-state index contributed by atoms with van der Waals surface area (Å²) in [5.74, 6) is 0. The molecule has 0 aliphatic heterocycles. The highest BCUT2D eigenvalue weighted by Gasteiger charge is 2.83. The molecule has 0 amide bonds. The molecule has 0 N–H and O–H groups in total. The summed E-state index contributed by atoms with van der Waals surface area (Å²) >= 11 is 0. The second-order valence-electron chi connectivity index (χ2n) is 6.18. The Morgan fingerprint density at radius 1 is 0.714 bits per heavy atom. The van der Waals surface area contributed by atoms with Crippen LogP contribution < -0.4 is 0 Å². The van der Waals surface area contributed by atoms with Crippen molar-refractivity contribution in [2.75, 3.05) is 14.2 Å². The van der Waals surface area contributed by atoms with Gasteiger partial charge < -0.3 is 8.85 Å². The van der Waals surface area contributed by atoms with Crippen molar-refractivity contribution in [3.8, 4) is 0 Å². The van der Waals surface area contributed by atoms with Crippen molar-refractivity contribution in [2.45, 2.75) is 67.9 Å². The summed E-state index contributed by atoms with van der Waals surface area (Å²) in [6, 6.07) is -0.121. The SMILES string of the molecule is CO[Si](C)(CCCC[C@](F)(C(F)C(F)(C(F)(F)F)C(F)(F)F)C(F)(F)F)OC. The van der Waals surface area contributed by atoms with Crippen LogP contribution in [0.25, 0.3) is 0 Å². The van der Waals surface area contributed by atoms with Gasteiger partial charge in [0.2, 0.25) is 5.67 Å². The average molecular weight is 462 g/mol. The van der Waals surface area contributed by atoms with Gasteiger partial charge in [-0.3, -0.25) is 0 Å². The van der Waals surface area contributed by atoms with Gasteiger partial charge in [-0.25, -0.2) is 13.2 Å². The van der Waals surface area contributed by atoms with Crippen LogP contribution in [0.1, 0.15) is 19.3 Å². The molecule has 0 fully saturated rings. The summed E-state index contributed by atoms with van der Waals surface area (Å²) in [5, 5.41) is 0. The molecule has 170 valence electrons. The molecule has 0 aromatic carbocycles. The van der Waals surface area contributed by atoms with Crippen LogP contribution in [-0.4, -0.2) is 58.8 Å². The van der Waals surface area contributed by atoms with Crippen molar-refractivity contribution in [3.63, 3.8) is 0 Å². The molecule has 0 aliphatic carbocycles. The molecule has 2 nitrogen and oxygen atoms in total. The first-order chi connectivity index (χ1) is 12.2. The summed E-state index contributed by atoms with van der Waals surface area (Å²) in [6.07, 6.45) is -30.1. The molecule has 15 heteroatoms. The average Bonchev–Trinajstić information content (AvgIpc) is 2.53. The number of unbranched alkanes of at least 4 members (excludes halogenated alkanes) is 1. The zero-order chi connectivity index (χ0) is 22.8. The Bertz CT molecular complexity index is 485. The van der Waals surface area contributed by atoms with E-state index in [1.165, 1.54) is 20.8 Å². The van der Waals surface area contributed by atoms with Gasteiger partial charge in [0, 0.05) is 14.2 Å². The Labute approximate surface area is 153 Å². The maximum atomic E-state index is 14.2. The third-order valence-electron chi connectivity index (χ3n) is 4.33. The van der Waals surface area contributed by atoms with Crippen molar-refractivity contribution in [1.29, 1.82) is 0 Å². The van der Waals surface area contributed by atoms with Crippen LogP contribution in [0.5, 0.6) is 0 Å². The summed E-state index contributed by atoms with van der Waals surface area (Å²) in [5.41, 5.74) is -12.8. The lowest BCUT2D eigenvalue weighted by Gasteiger charge is -2.40. The minimum absolute atomic E-state index is 0.121. The van der Waals surface area contributed by atoms with E-state index in [0.717, 1.165) is 0 Å². The number of hydrogen-bond donors (Lipinski definition) is 0. The highest BCUT2D eigenvalue weighted by atomic mass is 28.4. The fraction of sp³-hybridized carbons (Fsp3) is 1.00. The lowest BCUT2D eigenvalue weighted by Crippen LogP contribution is -2.68. The van der Waals surface area contributed by atoms with Gasteiger partial charge in [0.15, 0.2) is 6.17 Å². The van der Waals surface area contributed by atoms with E-state index < -0.39 is 63.9 Å². The number of alkyl halides is 12. The number of halogens is 12. The fourth-order valence-corrected chi connectivity index (χ4v) is 3.76. The third-order valence-corrected chi connectivity index (χ3v) is 7.32. The summed E-state index contributed by atoms with van der Waals surface area (Å²) in [4.78, 5) is 0. The van der Waals surface area contributed by atoms with Crippen LogP contribution in [0.4, 0.5) is 52.7 Å². The van der Waals surface area contributed by atoms with E-state index in [1.54, 1.807) is 0 Å². The standard InChI is InChI=1S/C13H18F12O2Si/c1-26-28(3,27-2)7-5-4-6-9(15,11(17,18)19)8(14)10(16,12(20,21)22)13(23,24)25/h8H,4-7H2,1-3H3/t8?,9-/m0/s1. The van der Waals surface area contributed by atoms with E-state index in [0.29, 0.717) is 0 Å². The predicted molar refractivity (Wildman–Crippen MR) is 75.0 cm³/mol. The molecular weight excluding hydrogens is 444 g/mol. The summed E-state index contributed by atoms with van der Waals surface area (Å²) < 4.78 is 165. The molecule has 0 spiro atoms. The Balaban J connectivity index is 5.78. The molecular formula is C13H18F12O2Si. The molecule has 0 rings (SSSR count). The smallest absolute Gasteiger partial charge is 0.398 e. The molecule has 1 unspecified atom stereocenters. The normalized spacial score (nSPS) is 18.1. The van der Waals surface area contributed by atoms with E-state index in [2.05, 4.69) is 0 Å². The lowest BCUT2D eigenvalue weighted by molar-refractivity contribution is -0.383. The van der Waals surface area contributed by atoms with Crippen molar-refractivity contribution >= 4 is 8.56 Å². The van der Waals surface area contributed by atoms with Gasteiger partial charge in [0.1, 0.15) is 0 Å². The van der Waals surface area contributed by atoms with Crippen molar-refractivity contribution in [2.24, 2.45) is 0 Å². The third kappa shape index (κ3) is 5.26. The zero-order valence-corrected chi connectivity index (χ0v) is 15.8. The monoisotopic (exact) mass is 462 g/mol. The van der Waals surface area contributed by atoms with Crippen molar-refractivity contribution < 1.29 is 61.5 Å². The second-order valence-corrected chi connectivity index (χ2v) is 9.76. The molecule has 0 aromatic heterocycles. The molecule has 0 saturated carbocycles. The van der Waals surface area contributed by atoms with Gasteiger partial charge in [-0.1, -0.05) is 6.42 Å². The van der Waals surface area contributed by atoms with Crippen LogP contribution in [0.15, 0.2) is 0 Å². The van der Waals surface area contributed by atoms with Gasteiger partial charge in [-0.15, -0.1) is 0 Å². The molecule has 0 radical (unpaired) electrons. The first kappa shape index (κ1) is 27.3. The molecule has 0 aliphatic rings. The highest BCUT2D eigenvalue weighted by molar-refractivity contribution is 6.65. The quantitative estimate of drug-likeness (QED) is 0.239. The van der Waals surface area contributed by atoms with E-state index in [4.69, 9.17) is 8.85 Å². The minimum Gasteiger partial charge on any atom is -0.398 e. The molecule has 0 saturated heterocycles. The van der Waals surface area contributed by atoms with Crippen LogP contribution in [-0.2, 0) is 8.85 Å². The van der Waals surface area contributed by atoms with Gasteiger partial charge in [-0.05, 0) is 25.4 Å². The maximum absolute atomic E-state index is 14.2. The van der Waals surface area contributed by atoms with Gasteiger partial charge in [-0.2, -0.15) is 39.5 Å². The highest BCUT2D eigenvalue weighted by Crippen LogP contribution is 2.56. The largest absolute Gasteiger partial charge is 0.434 e. The molecule has 28 heavy (non-hydrogen) atoms. The van der Waals surface area contributed by atoms with E-state index in [1.807, 2.05) is 0 Å². The maximum Gasteiger partial charge on any atom is 0.434 e. The lowest BCUT2D eigenvalue weighted by atomic mass is 9.82. The van der Waals surface area contributed by atoms with Gasteiger partial charge in [0.05, 0.1) is 0 Å². The molecule has 2 atom stereocenters. The molecule has 0 heterocycles. The predicted octanol–water partition coefficient (Wildman–Crippen LogP) is 5.96. The topological polar surface area (TPSA) is 18.5 Å². The second kappa shape index (κ2) is 8.58. The van der Waals surface area contributed by atoms with Crippen LogP contribution in [0.3, 0.4) is 0 Å². The molecule has 0 aromatic rings. The summed E-state index contributed by atoms with van der Waals surface area (Å²) in [6.45, 7) is 1.43. The Hall–Kier alpha value is -0.703. The van der Waals surface area contributed by atoms with Gasteiger partial charge >= 0.3 is 32.8 Å². The molecule has 0 bridgehead atoms. The number of rotatable bonds is 9. The van der Waals surface area contributed by atoms with Crippen molar-refractivity contribution in [1.82, 2.24) is 0 Å².